The Morgan fingerprint density at radius 3 is 2.89 bits per heavy atom. The van der Waals surface area contributed by atoms with Crippen molar-refractivity contribution >= 4 is 27.3 Å². The molecule has 0 saturated carbocycles. The number of rotatable bonds is 1. The maximum atomic E-state index is 10.2. The zero-order valence-corrected chi connectivity index (χ0v) is 12.3. The molecular formula is C14H13BrO2S. The first-order valence-electron chi connectivity index (χ1n) is 5.84. The third kappa shape index (κ3) is 2.20. The van der Waals surface area contributed by atoms with E-state index in [2.05, 4.69) is 35.0 Å². The van der Waals surface area contributed by atoms with Gasteiger partial charge in [-0.2, -0.15) is 0 Å². The lowest BCUT2D eigenvalue weighted by atomic mass is 9.98. The minimum atomic E-state index is -0.460. The molecular weight excluding hydrogens is 312 g/mol. The zero-order valence-electron chi connectivity index (χ0n) is 9.89. The van der Waals surface area contributed by atoms with Gasteiger partial charge in [0.25, 0.3) is 0 Å². The van der Waals surface area contributed by atoms with Gasteiger partial charge in [-0.3, -0.25) is 0 Å². The standard InChI is InChI=1S/C14H13BrO2S/c1-8-2-5-14(18-8)13-7-11(16)10-6-9(15)3-4-12(10)17-13/h2-6,11,13,16H,7H2,1H3/t11-,13?/m1/s1. The Hall–Kier alpha value is -0.840. The van der Waals surface area contributed by atoms with Crippen LogP contribution >= 0.6 is 27.3 Å². The largest absolute Gasteiger partial charge is 0.484 e. The summed E-state index contributed by atoms with van der Waals surface area (Å²) in [4.78, 5) is 2.45. The van der Waals surface area contributed by atoms with E-state index in [-0.39, 0.29) is 6.10 Å². The smallest absolute Gasteiger partial charge is 0.136 e. The number of ether oxygens (including phenoxy) is 1. The fourth-order valence-corrected chi connectivity index (χ4v) is 3.52. The van der Waals surface area contributed by atoms with Crippen molar-refractivity contribution < 1.29 is 9.84 Å². The summed E-state index contributed by atoms with van der Waals surface area (Å²) in [6, 6.07) is 9.95. The molecule has 0 aliphatic carbocycles. The van der Waals surface area contributed by atoms with E-state index < -0.39 is 6.10 Å². The Labute approximate surface area is 118 Å². The molecule has 1 aromatic heterocycles. The predicted octanol–water partition coefficient (Wildman–Crippen LogP) is 4.38. The van der Waals surface area contributed by atoms with E-state index in [4.69, 9.17) is 4.74 Å². The minimum Gasteiger partial charge on any atom is -0.484 e. The van der Waals surface area contributed by atoms with Crippen molar-refractivity contribution in [3.05, 3.63) is 50.1 Å². The molecule has 0 radical (unpaired) electrons. The lowest BCUT2D eigenvalue weighted by Gasteiger charge is -2.29. The Morgan fingerprint density at radius 2 is 2.17 bits per heavy atom. The molecule has 4 heteroatoms. The second-order valence-electron chi connectivity index (χ2n) is 4.49. The lowest BCUT2D eigenvalue weighted by Crippen LogP contribution is -2.18. The maximum absolute atomic E-state index is 10.2. The fourth-order valence-electron chi connectivity index (χ4n) is 2.22. The average Bonchev–Trinajstić information content (AvgIpc) is 2.77. The summed E-state index contributed by atoms with van der Waals surface area (Å²) in [6.07, 6.45) is 0.120. The second kappa shape index (κ2) is 4.68. The van der Waals surface area contributed by atoms with E-state index in [0.717, 1.165) is 15.8 Å². The molecule has 1 unspecified atom stereocenters. The highest BCUT2D eigenvalue weighted by molar-refractivity contribution is 9.10. The average molecular weight is 325 g/mol. The molecule has 0 amide bonds. The molecule has 2 nitrogen and oxygen atoms in total. The van der Waals surface area contributed by atoms with Gasteiger partial charge in [-0.25, -0.2) is 0 Å². The van der Waals surface area contributed by atoms with Crippen molar-refractivity contribution in [1.82, 2.24) is 0 Å². The molecule has 94 valence electrons. The molecule has 1 aliphatic rings. The number of aryl methyl sites for hydroxylation is 1. The highest BCUT2D eigenvalue weighted by Gasteiger charge is 2.28. The van der Waals surface area contributed by atoms with Crippen LogP contribution in [0.4, 0.5) is 0 Å². The molecule has 2 heterocycles. The monoisotopic (exact) mass is 324 g/mol. The lowest BCUT2D eigenvalue weighted by molar-refractivity contribution is 0.0674. The first-order chi connectivity index (χ1) is 8.63. The van der Waals surface area contributed by atoms with Crippen molar-refractivity contribution in [2.45, 2.75) is 25.6 Å². The number of benzene rings is 1. The summed E-state index contributed by atoms with van der Waals surface area (Å²) in [5, 5.41) is 10.2. The van der Waals surface area contributed by atoms with Crippen LogP contribution < -0.4 is 4.74 Å². The molecule has 0 saturated heterocycles. The van der Waals surface area contributed by atoms with Gasteiger partial charge >= 0.3 is 0 Å². The van der Waals surface area contributed by atoms with Crippen LogP contribution in [-0.2, 0) is 0 Å². The Kier molecular flexibility index (Phi) is 3.18. The van der Waals surface area contributed by atoms with Gasteiger partial charge in [0.1, 0.15) is 11.9 Å². The topological polar surface area (TPSA) is 29.5 Å². The summed E-state index contributed by atoms with van der Waals surface area (Å²) in [5.41, 5.74) is 0.869. The molecule has 2 aromatic rings. The predicted molar refractivity (Wildman–Crippen MR) is 76.1 cm³/mol. The van der Waals surface area contributed by atoms with Crippen LogP contribution in [0.25, 0.3) is 0 Å². The number of hydrogen-bond acceptors (Lipinski definition) is 3. The van der Waals surface area contributed by atoms with Crippen molar-refractivity contribution in [2.75, 3.05) is 0 Å². The second-order valence-corrected chi connectivity index (χ2v) is 6.72. The van der Waals surface area contributed by atoms with E-state index in [1.165, 1.54) is 9.75 Å². The van der Waals surface area contributed by atoms with Crippen LogP contribution in [-0.4, -0.2) is 5.11 Å². The Bertz CT molecular complexity index is 579. The number of fused-ring (bicyclic) bond motifs is 1. The van der Waals surface area contributed by atoms with Gasteiger partial charge in [-0.15, -0.1) is 11.3 Å². The van der Waals surface area contributed by atoms with E-state index in [9.17, 15) is 5.11 Å². The van der Waals surface area contributed by atoms with Crippen molar-refractivity contribution in [3.63, 3.8) is 0 Å². The van der Waals surface area contributed by atoms with Crippen LogP contribution in [0.1, 0.15) is 33.9 Å². The summed E-state index contributed by atoms with van der Waals surface area (Å²) in [5.74, 6) is 0.785. The minimum absolute atomic E-state index is 0.0348. The van der Waals surface area contributed by atoms with Crippen LogP contribution in [0, 0.1) is 6.92 Å². The zero-order chi connectivity index (χ0) is 12.7. The Morgan fingerprint density at radius 1 is 1.33 bits per heavy atom. The van der Waals surface area contributed by atoms with Crippen LogP contribution in [0.15, 0.2) is 34.8 Å². The van der Waals surface area contributed by atoms with E-state index in [0.29, 0.717) is 6.42 Å². The molecule has 18 heavy (non-hydrogen) atoms. The SMILES string of the molecule is Cc1ccc(C2C[C@@H](O)c3cc(Br)ccc3O2)s1. The Balaban J connectivity index is 1.94. The van der Waals surface area contributed by atoms with E-state index in [1.54, 1.807) is 11.3 Å². The summed E-state index contributed by atoms with van der Waals surface area (Å²) < 4.78 is 6.95. The van der Waals surface area contributed by atoms with Gasteiger partial charge < -0.3 is 9.84 Å². The van der Waals surface area contributed by atoms with Crippen molar-refractivity contribution in [2.24, 2.45) is 0 Å². The van der Waals surface area contributed by atoms with Gasteiger partial charge in [-0.05, 0) is 37.3 Å². The molecule has 0 spiro atoms. The molecule has 0 fully saturated rings. The van der Waals surface area contributed by atoms with E-state index >= 15 is 0 Å². The van der Waals surface area contributed by atoms with Crippen LogP contribution in [0.2, 0.25) is 0 Å². The normalized spacial score (nSPS) is 22.4. The van der Waals surface area contributed by atoms with Gasteiger partial charge in [0, 0.05) is 26.2 Å². The van der Waals surface area contributed by atoms with Gasteiger partial charge in [-0.1, -0.05) is 15.9 Å². The first kappa shape index (κ1) is 12.2. The number of aliphatic hydroxyl groups is 1. The molecule has 1 N–H and O–H groups in total. The highest BCUT2D eigenvalue weighted by atomic mass is 79.9. The van der Waals surface area contributed by atoms with Crippen molar-refractivity contribution in [1.29, 1.82) is 0 Å². The molecule has 1 aliphatic heterocycles. The van der Waals surface area contributed by atoms with E-state index in [1.807, 2.05) is 18.2 Å². The highest BCUT2D eigenvalue weighted by Crippen LogP contribution is 2.43. The molecule has 3 rings (SSSR count). The number of hydrogen-bond donors (Lipinski definition) is 1. The third-order valence-electron chi connectivity index (χ3n) is 3.12. The van der Waals surface area contributed by atoms with Crippen LogP contribution in [0.5, 0.6) is 5.75 Å². The van der Waals surface area contributed by atoms with Gasteiger partial charge in [0.05, 0.1) is 6.10 Å². The van der Waals surface area contributed by atoms with Gasteiger partial charge in [0.2, 0.25) is 0 Å². The third-order valence-corrected chi connectivity index (χ3v) is 4.70. The van der Waals surface area contributed by atoms with Crippen molar-refractivity contribution in [3.8, 4) is 5.75 Å². The summed E-state index contributed by atoms with van der Waals surface area (Å²) in [6.45, 7) is 2.08. The number of aliphatic hydroxyl groups excluding tert-OH is 1. The molecule has 1 aromatic carbocycles. The fraction of sp³-hybridized carbons (Fsp3) is 0.286. The number of thiophene rings is 1. The maximum Gasteiger partial charge on any atom is 0.136 e. The first-order valence-corrected chi connectivity index (χ1v) is 7.45. The summed E-state index contributed by atoms with van der Waals surface area (Å²) in [7, 11) is 0. The molecule has 0 bridgehead atoms. The van der Waals surface area contributed by atoms with Gasteiger partial charge in [0.15, 0.2) is 0 Å². The number of halogens is 1. The van der Waals surface area contributed by atoms with Crippen LogP contribution in [0.3, 0.4) is 0 Å². The quantitative estimate of drug-likeness (QED) is 0.843. The molecule has 2 atom stereocenters. The summed E-state index contributed by atoms with van der Waals surface area (Å²) >= 11 is 5.15.